The standard InChI is InChI=1S/C21H26BrNO3/c1-3-5-13-25-18-10-8-17(9-11-18)23-21(24)19-15-16(22)7-12-20(19)26-14-6-4-2/h7-12,15H,3-6,13-14H2,1-2H3,(H,23,24). The minimum atomic E-state index is -0.197. The zero-order valence-electron chi connectivity index (χ0n) is 15.4. The first-order valence-corrected chi connectivity index (χ1v) is 9.90. The highest BCUT2D eigenvalue weighted by Crippen LogP contribution is 2.25. The Morgan fingerprint density at radius 1 is 0.962 bits per heavy atom. The third kappa shape index (κ3) is 6.37. The molecule has 140 valence electrons. The highest BCUT2D eigenvalue weighted by molar-refractivity contribution is 9.10. The average Bonchev–Trinajstić information content (AvgIpc) is 2.64. The number of rotatable bonds is 10. The summed E-state index contributed by atoms with van der Waals surface area (Å²) >= 11 is 3.42. The van der Waals surface area contributed by atoms with Gasteiger partial charge in [-0.15, -0.1) is 0 Å². The van der Waals surface area contributed by atoms with Gasteiger partial charge in [-0.1, -0.05) is 42.6 Å². The molecule has 0 spiro atoms. The molecule has 0 aliphatic heterocycles. The Bertz CT molecular complexity index is 701. The lowest BCUT2D eigenvalue weighted by atomic mass is 10.1. The third-order valence-corrected chi connectivity index (χ3v) is 4.31. The zero-order chi connectivity index (χ0) is 18.8. The van der Waals surface area contributed by atoms with Gasteiger partial charge in [0.1, 0.15) is 11.5 Å². The highest BCUT2D eigenvalue weighted by atomic mass is 79.9. The molecule has 1 N–H and O–H groups in total. The fourth-order valence-corrected chi connectivity index (χ4v) is 2.66. The summed E-state index contributed by atoms with van der Waals surface area (Å²) < 4.78 is 12.2. The molecule has 0 radical (unpaired) electrons. The van der Waals surface area contributed by atoms with E-state index in [2.05, 4.69) is 35.1 Å². The zero-order valence-corrected chi connectivity index (χ0v) is 17.0. The van der Waals surface area contributed by atoms with E-state index in [0.717, 1.165) is 41.6 Å². The summed E-state index contributed by atoms with van der Waals surface area (Å²) in [6.07, 6.45) is 4.13. The van der Waals surface area contributed by atoms with Gasteiger partial charge in [0.05, 0.1) is 18.8 Å². The van der Waals surface area contributed by atoms with Gasteiger partial charge >= 0.3 is 0 Å². The van der Waals surface area contributed by atoms with Crippen LogP contribution in [-0.2, 0) is 0 Å². The van der Waals surface area contributed by atoms with Gasteiger partial charge in [0.25, 0.3) is 5.91 Å². The van der Waals surface area contributed by atoms with E-state index >= 15 is 0 Å². The largest absolute Gasteiger partial charge is 0.494 e. The second kappa shape index (κ2) is 10.9. The van der Waals surface area contributed by atoms with Crippen molar-refractivity contribution < 1.29 is 14.3 Å². The summed E-state index contributed by atoms with van der Waals surface area (Å²) in [5, 5.41) is 2.92. The molecule has 1 amide bonds. The van der Waals surface area contributed by atoms with Gasteiger partial charge in [-0.3, -0.25) is 4.79 Å². The topological polar surface area (TPSA) is 47.6 Å². The van der Waals surface area contributed by atoms with Crippen molar-refractivity contribution >= 4 is 27.5 Å². The predicted octanol–water partition coefficient (Wildman–Crippen LogP) is 6.06. The second-order valence-electron chi connectivity index (χ2n) is 6.02. The first-order chi connectivity index (χ1) is 12.6. The summed E-state index contributed by atoms with van der Waals surface area (Å²) in [6.45, 7) is 5.54. The molecule has 0 aliphatic rings. The molecule has 0 saturated heterocycles. The Morgan fingerprint density at radius 2 is 1.62 bits per heavy atom. The Kier molecular flexibility index (Phi) is 8.48. The van der Waals surface area contributed by atoms with Crippen molar-refractivity contribution in [2.75, 3.05) is 18.5 Å². The summed E-state index contributed by atoms with van der Waals surface area (Å²) in [4.78, 5) is 12.7. The second-order valence-corrected chi connectivity index (χ2v) is 6.94. The van der Waals surface area contributed by atoms with Crippen LogP contribution in [0.4, 0.5) is 5.69 Å². The van der Waals surface area contributed by atoms with E-state index in [1.807, 2.05) is 36.4 Å². The lowest BCUT2D eigenvalue weighted by molar-refractivity contribution is 0.102. The SMILES string of the molecule is CCCCOc1ccc(NC(=O)c2cc(Br)ccc2OCCCC)cc1. The molecule has 0 heterocycles. The molecule has 0 unspecified atom stereocenters. The Morgan fingerprint density at radius 3 is 2.27 bits per heavy atom. The fourth-order valence-electron chi connectivity index (χ4n) is 2.30. The molecule has 26 heavy (non-hydrogen) atoms. The molecule has 0 atom stereocenters. The molecule has 4 nitrogen and oxygen atoms in total. The normalized spacial score (nSPS) is 10.4. The smallest absolute Gasteiger partial charge is 0.259 e. The van der Waals surface area contributed by atoms with Crippen LogP contribution >= 0.6 is 15.9 Å². The molecule has 0 aliphatic carbocycles. The first-order valence-electron chi connectivity index (χ1n) is 9.10. The Balaban J connectivity index is 2.03. The van der Waals surface area contributed by atoms with E-state index < -0.39 is 0 Å². The van der Waals surface area contributed by atoms with Crippen molar-refractivity contribution in [2.24, 2.45) is 0 Å². The van der Waals surface area contributed by atoms with Crippen molar-refractivity contribution in [3.8, 4) is 11.5 Å². The maximum Gasteiger partial charge on any atom is 0.259 e. The molecule has 0 aromatic heterocycles. The van der Waals surface area contributed by atoms with Gasteiger partial charge < -0.3 is 14.8 Å². The number of unbranched alkanes of at least 4 members (excludes halogenated alkanes) is 2. The van der Waals surface area contributed by atoms with Crippen LogP contribution in [-0.4, -0.2) is 19.1 Å². The molecule has 0 fully saturated rings. The molecule has 2 rings (SSSR count). The highest BCUT2D eigenvalue weighted by Gasteiger charge is 2.14. The Hall–Kier alpha value is -2.01. The fraction of sp³-hybridized carbons (Fsp3) is 0.381. The van der Waals surface area contributed by atoms with E-state index in [1.54, 1.807) is 6.07 Å². The quantitative estimate of drug-likeness (QED) is 0.476. The summed E-state index contributed by atoms with van der Waals surface area (Å²) in [5.74, 6) is 1.21. The molecular formula is C21H26BrNO3. The van der Waals surface area contributed by atoms with Crippen molar-refractivity contribution in [3.63, 3.8) is 0 Å². The molecule has 2 aromatic carbocycles. The van der Waals surface area contributed by atoms with Crippen LogP contribution in [0.2, 0.25) is 0 Å². The van der Waals surface area contributed by atoms with E-state index in [0.29, 0.717) is 24.5 Å². The first kappa shape index (κ1) is 20.3. The van der Waals surface area contributed by atoms with Crippen molar-refractivity contribution in [3.05, 3.63) is 52.5 Å². The maximum atomic E-state index is 12.7. The summed E-state index contributed by atoms with van der Waals surface area (Å²) in [6, 6.07) is 12.9. The molecule has 0 bridgehead atoms. The van der Waals surface area contributed by atoms with Crippen molar-refractivity contribution in [1.82, 2.24) is 0 Å². The summed E-state index contributed by atoms with van der Waals surface area (Å²) in [7, 11) is 0. The van der Waals surface area contributed by atoms with Gasteiger partial charge in [-0.25, -0.2) is 0 Å². The number of anilines is 1. The predicted molar refractivity (Wildman–Crippen MR) is 109 cm³/mol. The number of benzene rings is 2. The van der Waals surface area contributed by atoms with Gasteiger partial charge in [-0.05, 0) is 55.3 Å². The van der Waals surface area contributed by atoms with E-state index in [4.69, 9.17) is 9.47 Å². The number of carbonyl (C=O) groups is 1. The number of hydrogen-bond acceptors (Lipinski definition) is 3. The molecule has 0 saturated carbocycles. The van der Waals surface area contributed by atoms with E-state index in [1.165, 1.54) is 0 Å². The van der Waals surface area contributed by atoms with Crippen LogP contribution in [0.5, 0.6) is 11.5 Å². The molecule has 5 heteroatoms. The van der Waals surface area contributed by atoms with Crippen LogP contribution in [0.25, 0.3) is 0 Å². The number of hydrogen-bond donors (Lipinski definition) is 1. The number of ether oxygens (including phenoxy) is 2. The third-order valence-electron chi connectivity index (χ3n) is 3.82. The number of nitrogens with one attached hydrogen (secondary N) is 1. The van der Waals surface area contributed by atoms with E-state index in [-0.39, 0.29) is 5.91 Å². The van der Waals surface area contributed by atoms with Crippen LogP contribution in [0.1, 0.15) is 49.9 Å². The minimum Gasteiger partial charge on any atom is -0.494 e. The number of amides is 1. The van der Waals surface area contributed by atoms with Crippen LogP contribution in [0.15, 0.2) is 46.9 Å². The Labute approximate surface area is 164 Å². The van der Waals surface area contributed by atoms with E-state index in [9.17, 15) is 4.79 Å². The minimum absolute atomic E-state index is 0.197. The monoisotopic (exact) mass is 419 g/mol. The molecular weight excluding hydrogens is 394 g/mol. The van der Waals surface area contributed by atoms with Gasteiger partial charge in [-0.2, -0.15) is 0 Å². The van der Waals surface area contributed by atoms with Gasteiger partial charge in [0.2, 0.25) is 0 Å². The van der Waals surface area contributed by atoms with Gasteiger partial charge in [0.15, 0.2) is 0 Å². The van der Waals surface area contributed by atoms with Crippen LogP contribution in [0, 0.1) is 0 Å². The number of carbonyl (C=O) groups excluding carboxylic acids is 1. The average molecular weight is 420 g/mol. The van der Waals surface area contributed by atoms with Crippen LogP contribution < -0.4 is 14.8 Å². The molecule has 2 aromatic rings. The van der Waals surface area contributed by atoms with Gasteiger partial charge in [0, 0.05) is 10.2 Å². The maximum absolute atomic E-state index is 12.7. The van der Waals surface area contributed by atoms with Crippen LogP contribution in [0.3, 0.4) is 0 Å². The lowest BCUT2D eigenvalue weighted by Crippen LogP contribution is -2.14. The summed E-state index contributed by atoms with van der Waals surface area (Å²) in [5.41, 5.74) is 1.23. The number of halogens is 1. The van der Waals surface area contributed by atoms with Crippen molar-refractivity contribution in [2.45, 2.75) is 39.5 Å². The van der Waals surface area contributed by atoms with Crippen molar-refractivity contribution in [1.29, 1.82) is 0 Å². The lowest BCUT2D eigenvalue weighted by Gasteiger charge is -2.12.